The number of aromatic carboxylic acids is 1. The summed E-state index contributed by atoms with van der Waals surface area (Å²) in [6.45, 7) is 3.03. The first-order chi connectivity index (χ1) is 15.3. The molecule has 3 heterocycles. The van der Waals surface area contributed by atoms with Gasteiger partial charge in [0.05, 0.1) is 18.1 Å². The molecule has 1 aliphatic heterocycles. The maximum absolute atomic E-state index is 12.7. The molecule has 1 spiro atoms. The summed E-state index contributed by atoms with van der Waals surface area (Å²) in [7, 11) is 0. The first-order valence-electron chi connectivity index (χ1n) is 10.6. The van der Waals surface area contributed by atoms with E-state index < -0.39 is 11.6 Å². The number of pyridine rings is 1. The fraction of sp³-hybridized carbons (Fsp3) is 0.348. The zero-order valence-electron chi connectivity index (χ0n) is 17.7. The standard InChI is InChI=1S/C23H25N5O4/c1-12(28-11-23(32-22(28)31)7-13(8-23)9-24)15-3-2-4-16-18(14-5-6-17(25)26-10-14)20(21(29)30)27-19(15)16/h2-6,10,12-13,27H,7-9,11,24H2,1H3,(H2,25,26)(H,29,30)/t12-,13?,23?/m0/s1. The van der Waals surface area contributed by atoms with Crippen LogP contribution in [0.5, 0.6) is 0 Å². The Morgan fingerprint density at radius 1 is 1.38 bits per heavy atom. The average Bonchev–Trinajstić information content (AvgIpc) is 3.31. The minimum atomic E-state index is -1.08. The van der Waals surface area contributed by atoms with Gasteiger partial charge in [-0.15, -0.1) is 0 Å². The number of carbonyl (C=O) groups is 2. The van der Waals surface area contributed by atoms with Crippen LogP contribution in [0.15, 0.2) is 36.5 Å². The Labute approximate surface area is 184 Å². The molecule has 1 saturated heterocycles. The largest absolute Gasteiger partial charge is 0.477 e. The van der Waals surface area contributed by atoms with E-state index in [4.69, 9.17) is 16.2 Å². The molecule has 2 fully saturated rings. The molecule has 0 unspecified atom stereocenters. The van der Waals surface area contributed by atoms with E-state index in [2.05, 4.69) is 9.97 Å². The minimum Gasteiger partial charge on any atom is -0.477 e. The molecule has 1 aromatic carbocycles. The number of para-hydroxylation sites is 1. The van der Waals surface area contributed by atoms with Crippen LogP contribution in [-0.2, 0) is 4.74 Å². The Morgan fingerprint density at radius 3 is 2.81 bits per heavy atom. The molecule has 5 rings (SSSR count). The van der Waals surface area contributed by atoms with Crippen LogP contribution in [0.25, 0.3) is 22.0 Å². The molecule has 0 bridgehead atoms. The van der Waals surface area contributed by atoms with Gasteiger partial charge in [0.15, 0.2) is 0 Å². The van der Waals surface area contributed by atoms with E-state index in [0.29, 0.717) is 41.5 Å². The summed E-state index contributed by atoms with van der Waals surface area (Å²) in [6, 6.07) is 8.72. The zero-order chi connectivity index (χ0) is 22.6. The quantitative estimate of drug-likeness (QED) is 0.481. The Bertz CT molecular complexity index is 1210. The van der Waals surface area contributed by atoms with Crippen molar-refractivity contribution >= 4 is 28.8 Å². The van der Waals surface area contributed by atoms with Crippen molar-refractivity contribution < 1.29 is 19.4 Å². The number of ether oxygens (including phenoxy) is 1. The van der Waals surface area contributed by atoms with E-state index >= 15 is 0 Å². The Hall–Kier alpha value is -3.59. The lowest BCUT2D eigenvalue weighted by Gasteiger charge is -2.42. The molecule has 0 radical (unpaired) electrons. The van der Waals surface area contributed by atoms with Gasteiger partial charge in [-0.3, -0.25) is 4.90 Å². The third-order valence-corrected chi connectivity index (χ3v) is 6.72. The summed E-state index contributed by atoms with van der Waals surface area (Å²) in [5, 5.41) is 10.6. The van der Waals surface area contributed by atoms with E-state index in [0.717, 1.165) is 23.8 Å². The SMILES string of the molecule is C[C@@H](c1cccc2c(-c3ccc(N)nc3)c(C(=O)O)[nH]c12)N1CC2(CC(CN)C2)OC1=O. The van der Waals surface area contributed by atoms with Crippen molar-refractivity contribution in [2.75, 3.05) is 18.8 Å². The smallest absolute Gasteiger partial charge is 0.411 e. The van der Waals surface area contributed by atoms with Crippen molar-refractivity contribution in [3.05, 3.63) is 47.8 Å². The van der Waals surface area contributed by atoms with Gasteiger partial charge in [0.1, 0.15) is 17.1 Å². The van der Waals surface area contributed by atoms with Gasteiger partial charge in [-0.25, -0.2) is 14.6 Å². The Balaban J connectivity index is 1.55. The predicted octanol–water partition coefficient (Wildman–Crippen LogP) is 3.13. The molecule has 1 atom stereocenters. The molecule has 32 heavy (non-hydrogen) atoms. The van der Waals surface area contributed by atoms with Gasteiger partial charge in [0.2, 0.25) is 0 Å². The maximum atomic E-state index is 12.7. The zero-order valence-corrected chi connectivity index (χ0v) is 17.7. The highest BCUT2D eigenvalue weighted by molar-refractivity contribution is 6.08. The predicted molar refractivity (Wildman–Crippen MR) is 119 cm³/mol. The number of carboxylic acid groups (broad SMARTS) is 1. The van der Waals surface area contributed by atoms with Crippen molar-refractivity contribution in [2.24, 2.45) is 11.7 Å². The molecule has 1 saturated carbocycles. The van der Waals surface area contributed by atoms with Crippen LogP contribution in [0, 0.1) is 5.92 Å². The van der Waals surface area contributed by atoms with E-state index in [1.807, 2.05) is 25.1 Å². The Morgan fingerprint density at radius 2 is 2.16 bits per heavy atom. The van der Waals surface area contributed by atoms with Crippen LogP contribution in [0.2, 0.25) is 0 Å². The van der Waals surface area contributed by atoms with Crippen LogP contribution >= 0.6 is 0 Å². The summed E-state index contributed by atoms with van der Waals surface area (Å²) in [5.41, 5.74) is 13.7. The summed E-state index contributed by atoms with van der Waals surface area (Å²) in [6.07, 6.45) is 2.77. The molecule has 2 aromatic heterocycles. The number of aromatic nitrogens is 2. The van der Waals surface area contributed by atoms with Gasteiger partial charge in [0.25, 0.3) is 0 Å². The van der Waals surface area contributed by atoms with Gasteiger partial charge in [0, 0.05) is 22.7 Å². The van der Waals surface area contributed by atoms with Gasteiger partial charge in [-0.05, 0) is 49.9 Å². The first-order valence-corrected chi connectivity index (χ1v) is 10.6. The van der Waals surface area contributed by atoms with Crippen molar-refractivity contribution in [3.8, 4) is 11.1 Å². The minimum absolute atomic E-state index is 0.0662. The second kappa shape index (κ2) is 7.23. The number of nitrogens with two attached hydrogens (primary N) is 2. The molecular formula is C23H25N5O4. The van der Waals surface area contributed by atoms with Crippen LogP contribution in [-0.4, -0.2) is 50.7 Å². The van der Waals surface area contributed by atoms with Gasteiger partial charge in [-0.1, -0.05) is 18.2 Å². The van der Waals surface area contributed by atoms with Crippen LogP contribution < -0.4 is 11.5 Å². The highest BCUT2D eigenvalue weighted by Crippen LogP contribution is 2.47. The summed E-state index contributed by atoms with van der Waals surface area (Å²) in [5.74, 6) is -0.332. The van der Waals surface area contributed by atoms with E-state index in [1.165, 1.54) is 0 Å². The molecule has 1 aliphatic carbocycles. The van der Waals surface area contributed by atoms with Crippen molar-refractivity contribution in [1.82, 2.24) is 14.9 Å². The number of H-pyrrole nitrogens is 1. The van der Waals surface area contributed by atoms with Gasteiger partial charge >= 0.3 is 12.1 Å². The number of benzene rings is 1. The second-order valence-electron chi connectivity index (χ2n) is 8.79. The topological polar surface area (TPSA) is 148 Å². The summed E-state index contributed by atoms with van der Waals surface area (Å²) in [4.78, 5) is 33.7. The lowest BCUT2D eigenvalue weighted by atomic mass is 9.71. The molecule has 9 heteroatoms. The normalized spacial score (nSPS) is 23.4. The molecule has 3 aromatic rings. The monoisotopic (exact) mass is 435 g/mol. The third kappa shape index (κ3) is 3.08. The fourth-order valence-corrected chi connectivity index (χ4v) is 5.09. The van der Waals surface area contributed by atoms with Crippen LogP contribution in [0.1, 0.15) is 41.9 Å². The number of carboxylic acids is 1. The molecule has 1 amide bonds. The number of hydrogen-bond donors (Lipinski definition) is 4. The molecule has 166 valence electrons. The van der Waals surface area contributed by atoms with Crippen molar-refractivity contribution in [1.29, 1.82) is 0 Å². The number of aromatic amines is 1. The van der Waals surface area contributed by atoms with E-state index in [1.54, 1.807) is 23.2 Å². The number of hydrogen-bond acceptors (Lipinski definition) is 6. The molecule has 6 N–H and O–H groups in total. The molecule has 9 nitrogen and oxygen atoms in total. The molecule has 2 aliphatic rings. The highest BCUT2D eigenvalue weighted by Gasteiger charge is 2.54. The second-order valence-corrected chi connectivity index (χ2v) is 8.79. The number of rotatable bonds is 5. The number of carbonyl (C=O) groups excluding carboxylic acids is 1. The van der Waals surface area contributed by atoms with Crippen LogP contribution in [0.4, 0.5) is 10.6 Å². The Kier molecular flexibility index (Phi) is 4.59. The van der Waals surface area contributed by atoms with E-state index in [9.17, 15) is 14.7 Å². The van der Waals surface area contributed by atoms with E-state index in [-0.39, 0.29) is 17.8 Å². The molecular weight excluding hydrogens is 410 g/mol. The number of nitrogens with zero attached hydrogens (tertiary/aromatic N) is 2. The number of nitrogen functional groups attached to an aromatic ring is 1. The van der Waals surface area contributed by atoms with Gasteiger partial charge in [-0.2, -0.15) is 0 Å². The van der Waals surface area contributed by atoms with Crippen molar-refractivity contribution in [3.63, 3.8) is 0 Å². The fourth-order valence-electron chi connectivity index (χ4n) is 5.09. The van der Waals surface area contributed by atoms with Crippen LogP contribution in [0.3, 0.4) is 0 Å². The summed E-state index contributed by atoms with van der Waals surface area (Å²) >= 11 is 0. The summed E-state index contributed by atoms with van der Waals surface area (Å²) < 4.78 is 5.74. The first kappa shape index (κ1) is 20.3. The van der Waals surface area contributed by atoms with Crippen molar-refractivity contribution in [2.45, 2.75) is 31.4 Å². The number of anilines is 1. The number of fused-ring (bicyclic) bond motifs is 1. The highest BCUT2D eigenvalue weighted by atomic mass is 16.6. The number of amides is 1. The lowest BCUT2D eigenvalue weighted by Crippen LogP contribution is -2.49. The van der Waals surface area contributed by atoms with Gasteiger partial charge < -0.3 is 26.3 Å². The third-order valence-electron chi connectivity index (χ3n) is 6.72. The average molecular weight is 435 g/mol. The maximum Gasteiger partial charge on any atom is 0.411 e. The lowest BCUT2D eigenvalue weighted by molar-refractivity contribution is -0.0439. The number of nitrogens with one attached hydrogen (secondary N) is 1.